The van der Waals surface area contributed by atoms with Crippen LogP contribution in [0, 0.1) is 11.6 Å². The lowest BCUT2D eigenvalue weighted by molar-refractivity contribution is -0.133. The molecule has 3 saturated carbocycles. The fourth-order valence-electron chi connectivity index (χ4n) is 5.63. The fraction of sp³-hybridized carbons (Fsp3) is 0.481. The van der Waals surface area contributed by atoms with Crippen LogP contribution in [-0.4, -0.2) is 72.4 Å². The number of likely N-dealkylation sites (N-methyl/N-ethyl adjacent to an activating group) is 1. The Balaban J connectivity index is 1.39. The SMILES string of the molecule is CN(CCO)C1CC2(NC(=O)COc3ccc(Cl)c(F)c3)CCC1(NC(=O)COc1ccc(Cl)c(F)c1)CC2. The number of nitrogens with zero attached hydrogens (tertiary/aromatic N) is 1. The highest BCUT2D eigenvalue weighted by molar-refractivity contribution is 6.31. The number of hydrogen-bond acceptors (Lipinski definition) is 6. The Labute approximate surface area is 235 Å². The van der Waals surface area contributed by atoms with Crippen molar-refractivity contribution in [1.29, 1.82) is 0 Å². The van der Waals surface area contributed by atoms with E-state index in [-0.39, 0.29) is 59.2 Å². The summed E-state index contributed by atoms with van der Waals surface area (Å²) in [6.45, 7) is -0.264. The molecule has 1 unspecified atom stereocenters. The van der Waals surface area contributed by atoms with Crippen LogP contribution in [0.3, 0.4) is 0 Å². The van der Waals surface area contributed by atoms with Crippen molar-refractivity contribution < 1.29 is 33.0 Å². The van der Waals surface area contributed by atoms with Crippen LogP contribution in [0.2, 0.25) is 10.0 Å². The van der Waals surface area contributed by atoms with Gasteiger partial charge in [0.25, 0.3) is 11.8 Å². The zero-order valence-electron chi connectivity index (χ0n) is 21.4. The van der Waals surface area contributed by atoms with E-state index >= 15 is 0 Å². The molecule has 0 radical (unpaired) electrons. The van der Waals surface area contributed by atoms with E-state index in [1.165, 1.54) is 24.3 Å². The van der Waals surface area contributed by atoms with E-state index < -0.39 is 22.7 Å². The molecular formula is C27H31Cl2F2N3O5. The van der Waals surface area contributed by atoms with Crippen LogP contribution < -0.4 is 20.1 Å². The van der Waals surface area contributed by atoms with Gasteiger partial charge in [-0.25, -0.2) is 8.78 Å². The number of aliphatic hydroxyl groups excluding tert-OH is 1. The van der Waals surface area contributed by atoms with Gasteiger partial charge in [-0.15, -0.1) is 0 Å². The first-order valence-corrected chi connectivity index (χ1v) is 13.4. The van der Waals surface area contributed by atoms with Crippen molar-refractivity contribution in [1.82, 2.24) is 15.5 Å². The molecule has 12 heteroatoms. The van der Waals surface area contributed by atoms with Crippen LogP contribution in [0.1, 0.15) is 32.1 Å². The highest BCUT2D eigenvalue weighted by Gasteiger charge is 2.56. The van der Waals surface area contributed by atoms with E-state index in [1.54, 1.807) is 0 Å². The lowest BCUT2D eigenvalue weighted by Gasteiger charge is -2.60. The molecule has 2 aromatic carbocycles. The number of aliphatic hydroxyl groups is 1. The Morgan fingerprint density at radius 1 is 0.949 bits per heavy atom. The summed E-state index contributed by atoms with van der Waals surface area (Å²) in [6, 6.07) is 7.77. The van der Waals surface area contributed by atoms with E-state index in [0.29, 0.717) is 38.6 Å². The Bertz CT molecular complexity index is 1210. The van der Waals surface area contributed by atoms with Gasteiger partial charge in [-0.1, -0.05) is 23.2 Å². The molecule has 3 fully saturated rings. The normalized spacial score (nSPS) is 23.9. The molecule has 0 spiro atoms. The van der Waals surface area contributed by atoms with Gasteiger partial charge >= 0.3 is 0 Å². The summed E-state index contributed by atoms with van der Waals surface area (Å²) in [5.74, 6) is -1.57. The second-order valence-corrected chi connectivity index (χ2v) is 11.0. The van der Waals surface area contributed by atoms with Crippen molar-refractivity contribution in [2.24, 2.45) is 0 Å². The Hall–Kier alpha value is -2.66. The number of hydrogen-bond donors (Lipinski definition) is 3. The fourth-order valence-corrected chi connectivity index (χ4v) is 5.86. The van der Waals surface area contributed by atoms with Crippen LogP contribution in [0.15, 0.2) is 36.4 Å². The minimum atomic E-state index is -0.637. The summed E-state index contributed by atoms with van der Waals surface area (Å²) in [7, 11) is 1.87. The first-order chi connectivity index (χ1) is 18.5. The Morgan fingerprint density at radius 3 is 1.95 bits per heavy atom. The number of rotatable bonds is 11. The van der Waals surface area contributed by atoms with E-state index in [9.17, 15) is 23.5 Å². The van der Waals surface area contributed by atoms with Crippen molar-refractivity contribution in [3.63, 3.8) is 0 Å². The molecule has 2 aromatic rings. The second kappa shape index (κ2) is 12.2. The number of amides is 2. The van der Waals surface area contributed by atoms with Gasteiger partial charge in [0, 0.05) is 30.3 Å². The van der Waals surface area contributed by atoms with Gasteiger partial charge in [-0.2, -0.15) is 0 Å². The Kier molecular flexibility index (Phi) is 9.21. The molecule has 1 atom stereocenters. The van der Waals surface area contributed by atoms with Crippen molar-refractivity contribution in [3.8, 4) is 11.5 Å². The molecule has 8 nitrogen and oxygen atoms in total. The topological polar surface area (TPSA) is 100 Å². The molecule has 0 aliphatic heterocycles. The van der Waals surface area contributed by atoms with E-state index in [4.69, 9.17) is 32.7 Å². The van der Waals surface area contributed by atoms with Crippen molar-refractivity contribution >= 4 is 35.0 Å². The van der Waals surface area contributed by atoms with Gasteiger partial charge in [-0.05, 0) is 63.4 Å². The summed E-state index contributed by atoms with van der Waals surface area (Å²) in [5, 5.41) is 15.8. The molecule has 2 bridgehead atoms. The van der Waals surface area contributed by atoms with E-state index in [1.807, 2.05) is 11.9 Å². The predicted octanol–water partition coefficient (Wildman–Crippen LogP) is 3.71. The van der Waals surface area contributed by atoms with Gasteiger partial charge in [0.2, 0.25) is 0 Å². The molecule has 3 N–H and O–H groups in total. The van der Waals surface area contributed by atoms with E-state index in [2.05, 4.69) is 10.6 Å². The first kappa shape index (κ1) is 29.3. The number of fused-ring (bicyclic) bond motifs is 3. The highest BCUT2D eigenvalue weighted by Crippen LogP contribution is 2.48. The summed E-state index contributed by atoms with van der Waals surface area (Å²) in [4.78, 5) is 27.7. The van der Waals surface area contributed by atoms with Crippen LogP contribution in [0.5, 0.6) is 11.5 Å². The third kappa shape index (κ3) is 6.92. The predicted molar refractivity (Wildman–Crippen MR) is 142 cm³/mol. The van der Waals surface area contributed by atoms with E-state index in [0.717, 1.165) is 12.1 Å². The number of ether oxygens (including phenoxy) is 2. The molecule has 5 rings (SSSR count). The second-order valence-electron chi connectivity index (χ2n) is 10.2. The molecule has 0 saturated heterocycles. The van der Waals surface area contributed by atoms with Crippen LogP contribution in [0.4, 0.5) is 8.78 Å². The number of halogens is 4. The van der Waals surface area contributed by atoms with Gasteiger partial charge < -0.3 is 25.2 Å². The smallest absolute Gasteiger partial charge is 0.258 e. The summed E-state index contributed by atoms with van der Waals surface area (Å²) in [5.41, 5.74) is -1.09. The average molecular weight is 586 g/mol. The molecule has 0 heterocycles. The van der Waals surface area contributed by atoms with Crippen LogP contribution in [0.25, 0.3) is 0 Å². The maximum absolute atomic E-state index is 13.7. The summed E-state index contributed by atoms with van der Waals surface area (Å²) >= 11 is 11.4. The molecule has 3 aliphatic rings. The highest BCUT2D eigenvalue weighted by atomic mass is 35.5. The van der Waals surface area contributed by atoms with Gasteiger partial charge in [0.1, 0.15) is 23.1 Å². The van der Waals surface area contributed by atoms with Crippen LogP contribution in [-0.2, 0) is 9.59 Å². The molecule has 212 valence electrons. The summed E-state index contributed by atoms with van der Waals surface area (Å²) < 4.78 is 38.3. The van der Waals surface area contributed by atoms with Crippen molar-refractivity contribution in [3.05, 3.63) is 58.1 Å². The Morgan fingerprint density at radius 2 is 1.46 bits per heavy atom. The minimum Gasteiger partial charge on any atom is -0.484 e. The maximum atomic E-state index is 13.7. The van der Waals surface area contributed by atoms with Crippen LogP contribution >= 0.6 is 23.2 Å². The quantitative estimate of drug-likeness (QED) is 0.372. The summed E-state index contributed by atoms with van der Waals surface area (Å²) in [6.07, 6.45) is 2.99. The van der Waals surface area contributed by atoms with Gasteiger partial charge in [-0.3, -0.25) is 14.5 Å². The molecule has 2 amide bonds. The lowest BCUT2D eigenvalue weighted by Crippen LogP contribution is -2.73. The minimum absolute atomic E-state index is 0.0332. The van der Waals surface area contributed by atoms with Gasteiger partial charge in [0.05, 0.1) is 22.2 Å². The third-order valence-corrected chi connectivity index (χ3v) is 8.23. The number of carbonyl (C=O) groups excluding carboxylic acids is 2. The molecule has 3 aliphatic carbocycles. The zero-order valence-corrected chi connectivity index (χ0v) is 23.0. The first-order valence-electron chi connectivity index (χ1n) is 12.6. The van der Waals surface area contributed by atoms with Crippen molar-refractivity contribution in [2.45, 2.75) is 49.2 Å². The third-order valence-electron chi connectivity index (χ3n) is 7.62. The lowest BCUT2D eigenvalue weighted by atomic mass is 9.58. The maximum Gasteiger partial charge on any atom is 0.258 e. The van der Waals surface area contributed by atoms with Crippen molar-refractivity contribution in [2.75, 3.05) is 33.4 Å². The molecule has 0 aromatic heterocycles. The number of carbonyl (C=O) groups is 2. The largest absolute Gasteiger partial charge is 0.484 e. The molecular weight excluding hydrogens is 555 g/mol. The monoisotopic (exact) mass is 585 g/mol. The number of benzene rings is 2. The zero-order chi connectivity index (χ0) is 28.2. The average Bonchev–Trinajstić information content (AvgIpc) is 2.91. The number of nitrogens with one attached hydrogen (secondary N) is 2. The standard InChI is InChI=1S/C27H31Cl2F2N3O5/c1-34(10-11-35)23-14-26(32-24(36)15-38-17-2-4-19(28)21(30)12-17)6-8-27(23,9-7-26)33-25(37)16-39-18-3-5-20(29)22(31)13-18/h2-5,12-13,23,35H,6-11,14-16H2,1H3,(H,32,36)(H,33,37). The van der Waals surface area contributed by atoms with Gasteiger partial charge in [0.15, 0.2) is 13.2 Å². The molecule has 39 heavy (non-hydrogen) atoms.